The Morgan fingerprint density at radius 1 is 1.06 bits per heavy atom. The van der Waals surface area contributed by atoms with Crippen LogP contribution in [0, 0.1) is 13.8 Å². The second-order valence-corrected chi connectivity index (χ2v) is 4.19. The zero-order valence-corrected chi connectivity index (χ0v) is 10.1. The standard InChI is InChI=1S/C15H15NO/c1-11-6-5-7-12(2)13(11)10-15(17)14-8-3-4-9-16-14/h3-9H,10H2,1-2H3. The molecule has 2 aromatic rings. The third kappa shape index (κ3) is 2.59. The number of aromatic nitrogens is 1. The van der Waals surface area contributed by atoms with Gasteiger partial charge < -0.3 is 0 Å². The van der Waals surface area contributed by atoms with Gasteiger partial charge in [0, 0.05) is 12.6 Å². The van der Waals surface area contributed by atoms with Gasteiger partial charge in [-0.15, -0.1) is 0 Å². The molecule has 0 atom stereocenters. The molecule has 17 heavy (non-hydrogen) atoms. The summed E-state index contributed by atoms with van der Waals surface area (Å²) in [6.07, 6.45) is 2.08. The molecule has 0 bridgehead atoms. The highest BCUT2D eigenvalue weighted by Gasteiger charge is 2.11. The van der Waals surface area contributed by atoms with Crippen molar-refractivity contribution < 1.29 is 4.79 Å². The van der Waals surface area contributed by atoms with Crippen LogP contribution in [-0.4, -0.2) is 10.8 Å². The van der Waals surface area contributed by atoms with E-state index in [9.17, 15) is 4.79 Å². The van der Waals surface area contributed by atoms with Crippen LogP contribution >= 0.6 is 0 Å². The number of carbonyl (C=O) groups is 1. The van der Waals surface area contributed by atoms with E-state index in [1.165, 1.54) is 0 Å². The number of benzene rings is 1. The summed E-state index contributed by atoms with van der Waals surface area (Å²) in [6.45, 7) is 4.07. The second kappa shape index (κ2) is 4.91. The molecule has 0 aliphatic rings. The van der Waals surface area contributed by atoms with E-state index >= 15 is 0 Å². The lowest BCUT2D eigenvalue weighted by molar-refractivity contribution is 0.0988. The molecule has 0 amide bonds. The molecule has 1 aromatic heterocycles. The first-order valence-corrected chi connectivity index (χ1v) is 5.68. The van der Waals surface area contributed by atoms with Crippen molar-refractivity contribution in [2.75, 3.05) is 0 Å². The summed E-state index contributed by atoms with van der Waals surface area (Å²) in [7, 11) is 0. The van der Waals surface area contributed by atoms with Gasteiger partial charge in [0.2, 0.25) is 0 Å². The number of hydrogen-bond donors (Lipinski definition) is 0. The van der Waals surface area contributed by atoms with E-state index in [0.717, 1.165) is 16.7 Å². The van der Waals surface area contributed by atoms with Crippen molar-refractivity contribution >= 4 is 5.78 Å². The molecule has 0 fully saturated rings. The highest BCUT2D eigenvalue weighted by atomic mass is 16.1. The fraction of sp³-hybridized carbons (Fsp3) is 0.200. The van der Waals surface area contributed by atoms with E-state index < -0.39 is 0 Å². The van der Waals surface area contributed by atoms with Crippen LogP contribution in [0.5, 0.6) is 0 Å². The van der Waals surface area contributed by atoms with Crippen LogP contribution in [0.4, 0.5) is 0 Å². The Morgan fingerprint density at radius 2 is 1.76 bits per heavy atom. The molecule has 0 N–H and O–H groups in total. The molecule has 0 radical (unpaired) electrons. The lowest BCUT2D eigenvalue weighted by Gasteiger charge is -2.08. The Hall–Kier alpha value is -1.96. The summed E-state index contributed by atoms with van der Waals surface area (Å²) >= 11 is 0. The van der Waals surface area contributed by atoms with E-state index in [1.54, 1.807) is 12.3 Å². The maximum absolute atomic E-state index is 12.1. The zero-order chi connectivity index (χ0) is 12.3. The van der Waals surface area contributed by atoms with Gasteiger partial charge in [0.05, 0.1) is 0 Å². The Labute approximate surface area is 101 Å². The van der Waals surface area contributed by atoms with E-state index in [2.05, 4.69) is 4.98 Å². The lowest BCUT2D eigenvalue weighted by Crippen LogP contribution is -2.07. The molecule has 0 spiro atoms. The molecular formula is C15H15NO. The predicted octanol–water partition coefficient (Wildman–Crippen LogP) is 3.12. The van der Waals surface area contributed by atoms with Gasteiger partial charge in [-0.05, 0) is 42.7 Å². The SMILES string of the molecule is Cc1cccc(C)c1CC(=O)c1ccccn1. The predicted molar refractivity (Wildman–Crippen MR) is 68.2 cm³/mol. The van der Waals surface area contributed by atoms with Crippen molar-refractivity contribution in [1.29, 1.82) is 0 Å². The van der Waals surface area contributed by atoms with Crippen LogP contribution in [0.2, 0.25) is 0 Å². The first-order valence-electron chi connectivity index (χ1n) is 5.68. The van der Waals surface area contributed by atoms with Gasteiger partial charge in [-0.2, -0.15) is 0 Å². The molecule has 0 saturated carbocycles. The molecule has 0 aliphatic heterocycles. The van der Waals surface area contributed by atoms with Crippen molar-refractivity contribution in [2.24, 2.45) is 0 Å². The largest absolute Gasteiger partial charge is 0.292 e. The summed E-state index contributed by atoms with van der Waals surface area (Å²) in [5, 5.41) is 0. The van der Waals surface area contributed by atoms with Crippen molar-refractivity contribution in [1.82, 2.24) is 4.98 Å². The van der Waals surface area contributed by atoms with Crippen LogP contribution in [0.3, 0.4) is 0 Å². The third-order valence-electron chi connectivity index (χ3n) is 2.93. The molecule has 2 heteroatoms. The van der Waals surface area contributed by atoms with E-state index in [1.807, 2.05) is 44.2 Å². The van der Waals surface area contributed by atoms with Crippen LogP contribution in [0.15, 0.2) is 42.6 Å². The van der Waals surface area contributed by atoms with Crippen molar-refractivity contribution in [3.8, 4) is 0 Å². The van der Waals surface area contributed by atoms with Crippen LogP contribution < -0.4 is 0 Å². The average Bonchev–Trinajstić information content (AvgIpc) is 2.35. The maximum Gasteiger partial charge on any atom is 0.185 e. The molecular weight excluding hydrogens is 210 g/mol. The van der Waals surface area contributed by atoms with E-state index in [0.29, 0.717) is 12.1 Å². The van der Waals surface area contributed by atoms with Gasteiger partial charge in [0.25, 0.3) is 0 Å². The monoisotopic (exact) mass is 225 g/mol. The number of rotatable bonds is 3. The first kappa shape index (κ1) is 11.5. The Morgan fingerprint density at radius 3 is 2.35 bits per heavy atom. The highest BCUT2D eigenvalue weighted by Crippen LogP contribution is 2.15. The summed E-state index contributed by atoms with van der Waals surface area (Å²) in [6, 6.07) is 11.5. The molecule has 2 rings (SSSR count). The molecule has 1 heterocycles. The zero-order valence-electron chi connectivity index (χ0n) is 10.1. The third-order valence-corrected chi connectivity index (χ3v) is 2.93. The average molecular weight is 225 g/mol. The van der Waals surface area contributed by atoms with E-state index in [4.69, 9.17) is 0 Å². The molecule has 0 aliphatic carbocycles. The Bertz CT molecular complexity index is 512. The van der Waals surface area contributed by atoms with Gasteiger partial charge in [-0.25, -0.2) is 0 Å². The van der Waals surface area contributed by atoms with Gasteiger partial charge in [-0.3, -0.25) is 9.78 Å². The number of nitrogens with zero attached hydrogens (tertiary/aromatic N) is 1. The second-order valence-electron chi connectivity index (χ2n) is 4.19. The smallest absolute Gasteiger partial charge is 0.185 e. The number of carbonyl (C=O) groups excluding carboxylic acids is 1. The molecule has 0 saturated heterocycles. The lowest BCUT2D eigenvalue weighted by atomic mass is 9.97. The fourth-order valence-electron chi connectivity index (χ4n) is 1.91. The number of pyridine rings is 1. The van der Waals surface area contributed by atoms with Crippen LogP contribution in [0.25, 0.3) is 0 Å². The van der Waals surface area contributed by atoms with Gasteiger partial charge in [0.15, 0.2) is 5.78 Å². The summed E-state index contributed by atoms with van der Waals surface area (Å²) < 4.78 is 0. The summed E-state index contributed by atoms with van der Waals surface area (Å²) in [5.74, 6) is 0.0722. The number of aryl methyl sites for hydroxylation is 2. The maximum atomic E-state index is 12.1. The summed E-state index contributed by atoms with van der Waals surface area (Å²) in [4.78, 5) is 16.1. The molecule has 86 valence electrons. The minimum Gasteiger partial charge on any atom is -0.292 e. The normalized spacial score (nSPS) is 10.2. The van der Waals surface area contributed by atoms with Crippen LogP contribution in [0.1, 0.15) is 27.2 Å². The van der Waals surface area contributed by atoms with Crippen molar-refractivity contribution in [3.05, 3.63) is 65.0 Å². The minimum atomic E-state index is 0.0722. The Kier molecular flexibility index (Phi) is 3.33. The van der Waals surface area contributed by atoms with Gasteiger partial charge in [-0.1, -0.05) is 24.3 Å². The molecule has 0 unspecified atom stereocenters. The minimum absolute atomic E-state index is 0.0722. The topological polar surface area (TPSA) is 30.0 Å². The number of ketones is 1. The van der Waals surface area contributed by atoms with E-state index in [-0.39, 0.29) is 5.78 Å². The fourth-order valence-corrected chi connectivity index (χ4v) is 1.91. The first-order chi connectivity index (χ1) is 8.18. The van der Waals surface area contributed by atoms with Crippen LogP contribution in [-0.2, 0) is 6.42 Å². The number of hydrogen-bond acceptors (Lipinski definition) is 2. The summed E-state index contributed by atoms with van der Waals surface area (Å²) in [5.41, 5.74) is 3.97. The molecule has 2 nitrogen and oxygen atoms in total. The quantitative estimate of drug-likeness (QED) is 0.751. The number of Topliss-reactive ketones (excluding diaryl/α,β-unsaturated/α-hetero) is 1. The van der Waals surface area contributed by atoms with Crippen molar-refractivity contribution in [3.63, 3.8) is 0 Å². The van der Waals surface area contributed by atoms with Gasteiger partial charge in [0.1, 0.15) is 5.69 Å². The molecule has 1 aromatic carbocycles. The Balaban J connectivity index is 2.25. The van der Waals surface area contributed by atoms with Crippen molar-refractivity contribution in [2.45, 2.75) is 20.3 Å². The van der Waals surface area contributed by atoms with Gasteiger partial charge >= 0.3 is 0 Å². The highest BCUT2D eigenvalue weighted by molar-refractivity contribution is 5.96.